The molecular formula is C12H16BrF2N3O. The number of halogens is 3. The van der Waals surface area contributed by atoms with Gasteiger partial charge in [0.2, 0.25) is 11.8 Å². The van der Waals surface area contributed by atoms with Gasteiger partial charge in [0.25, 0.3) is 0 Å². The number of carbonyl (C=O) groups is 1. The van der Waals surface area contributed by atoms with Crippen LogP contribution in [0.2, 0.25) is 0 Å². The first-order valence-corrected chi connectivity index (χ1v) is 7.13. The van der Waals surface area contributed by atoms with Gasteiger partial charge < -0.3 is 5.32 Å². The van der Waals surface area contributed by atoms with E-state index in [1.807, 2.05) is 6.92 Å². The quantitative estimate of drug-likeness (QED) is 0.888. The van der Waals surface area contributed by atoms with Crippen molar-refractivity contribution in [3.05, 3.63) is 10.2 Å². The Morgan fingerprint density at radius 1 is 1.63 bits per heavy atom. The Morgan fingerprint density at radius 3 is 2.95 bits per heavy atom. The van der Waals surface area contributed by atoms with Gasteiger partial charge in [0.1, 0.15) is 0 Å². The van der Waals surface area contributed by atoms with Gasteiger partial charge in [-0.25, -0.2) is 8.78 Å². The van der Waals surface area contributed by atoms with E-state index in [2.05, 4.69) is 31.4 Å². The van der Waals surface area contributed by atoms with Gasteiger partial charge in [-0.05, 0) is 35.2 Å². The second-order valence-electron chi connectivity index (χ2n) is 4.86. The topological polar surface area (TPSA) is 57.8 Å². The molecule has 0 spiro atoms. The van der Waals surface area contributed by atoms with Gasteiger partial charge >= 0.3 is 0 Å². The van der Waals surface area contributed by atoms with E-state index in [1.165, 1.54) is 0 Å². The summed E-state index contributed by atoms with van der Waals surface area (Å²) in [5.74, 6) is -3.38. The van der Waals surface area contributed by atoms with E-state index in [0.29, 0.717) is 23.1 Å². The fourth-order valence-corrected chi connectivity index (χ4v) is 2.85. The molecule has 19 heavy (non-hydrogen) atoms. The lowest BCUT2D eigenvalue weighted by molar-refractivity contribution is -0.127. The number of hydrogen-bond acceptors (Lipinski definition) is 2. The highest BCUT2D eigenvalue weighted by molar-refractivity contribution is 9.10. The second kappa shape index (κ2) is 5.56. The molecule has 0 bridgehead atoms. The van der Waals surface area contributed by atoms with Crippen LogP contribution in [0.4, 0.5) is 14.6 Å². The first kappa shape index (κ1) is 14.4. The number of hydrogen-bond donors (Lipinski definition) is 2. The minimum Gasteiger partial charge on any atom is -0.308 e. The van der Waals surface area contributed by atoms with Crippen molar-refractivity contribution < 1.29 is 13.6 Å². The lowest BCUT2D eigenvalue weighted by Crippen LogP contribution is -2.33. The zero-order chi connectivity index (χ0) is 14.0. The number of alkyl halides is 2. The molecule has 2 rings (SSSR count). The number of amides is 1. The van der Waals surface area contributed by atoms with Gasteiger partial charge in [0.15, 0.2) is 5.82 Å². The fraction of sp³-hybridized carbons (Fsp3) is 0.667. The molecule has 0 saturated heterocycles. The van der Waals surface area contributed by atoms with Crippen LogP contribution < -0.4 is 5.32 Å². The maximum atomic E-state index is 13.3. The van der Waals surface area contributed by atoms with Crippen molar-refractivity contribution in [1.82, 2.24) is 10.2 Å². The average Bonchev–Trinajstić information content (AvgIpc) is 2.69. The average molecular weight is 336 g/mol. The highest BCUT2D eigenvalue weighted by Crippen LogP contribution is 2.37. The van der Waals surface area contributed by atoms with E-state index >= 15 is 0 Å². The SMILES string of the molecule is CCc1[nH]nc(NC(=O)C2CCCC(F)(F)C2)c1Br. The van der Waals surface area contributed by atoms with Gasteiger partial charge in [-0.2, -0.15) is 5.10 Å². The molecule has 7 heteroatoms. The van der Waals surface area contributed by atoms with Crippen LogP contribution in [0.1, 0.15) is 38.3 Å². The molecule has 1 unspecified atom stereocenters. The largest absolute Gasteiger partial charge is 0.308 e. The maximum Gasteiger partial charge on any atom is 0.248 e. The van der Waals surface area contributed by atoms with Crippen LogP contribution in [0.5, 0.6) is 0 Å². The summed E-state index contributed by atoms with van der Waals surface area (Å²) in [7, 11) is 0. The molecule has 1 aliphatic carbocycles. The molecule has 0 radical (unpaired) electrons. The summed E-state index contributed by atoms with van der Waals surface area (Å²) in [6, 6.07) is 0. The maximum absolute atomic E-state index is 13.3. The van der Waals surface area contributed by atoms with Crippen LogP contribution in [0.15, 0.2) is 4.47 Å². The summed E-state index contributed by atoms with van der Waals surface area (Å²) in [4.78, 5) is 12.0. The predicted octanol–water partition coefficient (Wildman–Crippen LogP) is 3.50. The van der Waals surface area contributed by atoms with Crippen molar-refractivity contribution in [2.45, 2.75) is 45.0 Å². The number of anilines is 1. The van der Waals surface area contributed by atoms with E-state index in [9.17, 15) is 13.6 Å². The van der Waals surface area contributed by atoms with Gasteiger partial charge in [0.05, 0.1) is 10.2 Å². The lowest BCUT2D eigenvalue weighted by atomic mass is 9.86. The second-order valence-corrected chi connectivity index (χ2v) is 5.65. The van der Waals surface area contributed by atoms with Gasteiger partial charge in [0, 0.05) is 18.8 Å². The monoisotopic (exact) mass is 335 g/mol. The Hall–Kier alpha value is -0.980. The van der Waals surface area contributed by atoms with E-state index < -0.39 is 11.8 Å². The molecule has 1 atom stereocenters. The Bertz CT molecular complexity index is 476. The molecule has 1 fully saturated rings. The normalized spacial score (nSPS) is 22.2. The third kappa shape index (κ3) is 3.32. The van der Waals surface area contributed by atoms with E-state index in [0.717, 1.165) is 12.1 Å². The Morgan fingerprint density at radius 2 is 2.37 bits per heavy atom. The number of aromatic amines is 1. The zero-order valence-corrected chi connectivity index (χ0v) is 12.2. The predicted molar refractivity (Wildman–Crippen MR) is 71.2 cm³/mol. The number of H-pyrrole nitrogens is 1. The van der Waals surface area contributed by atoms with Crippen molar-refractivity contribution in [2.75, 3.05) is 5.32 Å². The lowest BCUT2D eigenvalue weighted by Gasteiger charge is -2.27. The molecule has 1 aliphatic rings. The van der Waals surface area contributed by atoms with E-state index in [1.54, 1.807) is 0 Å². The molecule has 1 amide bonds. The summed E-state index contributed by atoms with van der Waals surface area (Å²) in [5.41, 5.74) is 0.865. The summed E-state index contributed by atoms with van der Waals surface area (Å²) in [6.07, 6.45) is 1.13. The van der Waals surface area contributed by atoms with Crippen molar-refractivity contribution in [3.63, 3.8) is 0 Å². The number of aryl methyl sites for hydroxylation is 1. The molecule has 1 saturated carbocycles. The summed E-state index contributed by atoms with van der Waals surface area (Å²) in [6.45, 7) is 1.95. The van der Waals surface area contributed by atoms with Crippen LogP contribution in [0.3, 0.4) is 0 Å². The van der Waals surface area contributed by atoms with Crippen molar-refractivity contribution in [3.8, 4) is 0 Å². The number of rotatable bonds is 3. The number of nitrogens with one attached hydrogen (secondary N) is 2. The van der Waals surface area contributed by atoms with E-state index in [-0.39, 0.29) is 18.7 Å². The van der Waals surface area contributed by atoms with Crippen LogP contribution in [0, 0.1) is 5.92 Å². The number of carbonyl (C=O) groups excluding carboxylic acids is 1. The highest BCUT2D eigenvalue weighted by atomic mass is 79.9. The minimum atomic E-state index is -2.72. The highest BCUT2D eigenvalue weighted by Gasteiger charge is 2.39. The van der Waals surface area contributed by atoms with Crippen LogP contribution in [-0.4, -0.2) is 22.0 Å². The Labute approximate surface area is 118 Å². The van der Waals surface area contributed by atoms with Gasteiger partial charge in [-0.3, -0.25) is 9.89 Å². The first-order valence-electron chi connectivity index (χ1n) is 6.34. The summed E-state index contributed by atoms with van der Waals surface area (Å²) < 4.78 is 27.2. The molecule has 0 aliphatic heterocycles. The summed E-state index contributed by atoms with van der Waals surface area (Å²) >= 11 is 3.33. The summed E-state index contributed by atoms with van der Waals surface area (Å²) in [5, 5.41) is 9.37. The molecule has 2 N–H and O–H groups in total. The first-order chi connectivity index (χ1) is 8.93. The molecule has 106 valence electrons. The van der Waals surface area contributed by atoms with Gasteiger partial charge in [-0.15, -0.1) is 0 Å². The third-order valence-electron chi connectivity index (χ3n) is 3.38. The molecule has 4 nitrogen and oxygen atoms in total. The molecule has 1 heterocycles. The van der Waals surface area contributed by atoms with E-state index in [4.69, 9.17) is 0 Å². The smallest absolute Gasteiger partial charge is 0.248 e. The van der Waals surface area contributed by atoms with Crippen molar-refractivity contribution in [1.29, 1.82) is 0 Å². The molecule has 0 aromatic carbocycles. The van der Waals surface area contributed by atoms with Crippen LogP contribution in [-0.2, 0) is 11.2 Å². The number of aromatic nitrogens is 2. The zero-order valence-electron chi connectivity index (χ0n) is 10.6. The fourth-order valence-electron chi connectivity index (χ4n) is 2.30. The number of nitrogens with zero attached hydrogens (tertiary/aromatic N) is 1. The van der Waals surface area contributed by atoms with Crippen LogP contribution in [0.25, 0.3) is 0 Å². The molecular weight excluding hydrogens is 320 g/mol. The molecule has 1 aromatic heterocycles. The van der Waals surface area contributed by atoms with Crippen molar-refractivity contribution >= 4 is 27.7 Å². The third-order valence-corrected chi connectivity index (χ3v) is 4.24. The molecule has 1 aromatic rings. The standard InChI is InChI=1S/C12H16BrF2N3O/c1-2-8-9(13)10(18-17-8)16-11(19)7-4-3-5-12(14,15)6-7/h7H,2-6H2,1H3,(H2,16,17,18,19). The Balaban J connectivity index is 2.02. The van der Waals surface area contributed by atoms with Gasteiger partial charge in [-0.1, -0.05) is 6.92 Å². The minimum absolute atomic E-state index is 0.122. The van der Waals surface area contributed by atoms with Crippen LogP contribution >= 0.6 is 15.9 Å². The Kier molecular flexibility index (Phi) is 4.23. The van der Waals surface area contributed by atoms with Crippen molar-refractivity contribution in [2.24, 2.45) is 5.92 Å².